The fraction of sp³-hybridized carbons (Fsp3) is 0.357. The van der Waals surface area contributed by atoms with Crippen LogP contribution >= 0.6 is 27.3 Å². The number of rotatable bonds is 3. The Morgan fingerprint density at radius 2 is 2.45 bits per heavy atom. The van der Waals surface area contributed by atoms with Crippen molar-refractivity contribution >= 4 is 33.2 Å². The van der Waals surface area contributed by atoms with Crippen molar-refractivity contribution in [1.29, 1.82) is 0 Å². The van der Waals surface area contributed by atoms with Crippen LogP contribution in [-0.2, 0) is 16.0 Å². The molecule has 2 heterocycles. The van der Waals surface area contributed by atoms with Crippen LogP contribution in [0.4, 0.5) is 0 Å². The second-order valence-corrected chi connectivity index (χ2v) is 6.44. The molecule has 0 saturated heterocycles. The maximum absolute atomic E-state index is 11.9. The van der Waals surface area contributed by atoms with Gasteiger partial charge in [0, 0.05) is 15.5 Å². The zero-order chi connectivity index (χ0) is 14.1. The zero-order valence-corrected chi connectivity index (χ0v) is 13.3. The fourth-order valence-electron chi connectivity index (χ4n) is 2.34. The van der Waals surface area contributed by atoms with Gasteiger partial charge in [-0.05, 0) is 47.8 Å². The molecule has 0 amide bonds. The number of nitrogens with zero attached hydrogens (tertiary/aromatic N) is 2. The predicted molar refractivity (Wildman–Crippen MR) is 80.7 cm³/mol. The third kappa shape index (κ3) is 2.38. The first-order valence-corrected chi connectivity index (χ1v) is 8.08. The van der Waals surface area contributed by atoms with Crippen molar-refractivity contribution in [2.75, 3.05) is 6.61 Å². The van der Waals surface area contributed by atoms with Gasteiger partial charge in [-0.25, -0.2) is 4.98 Å². The Kier molecular flexibility index (Phi) is 3.85. The van der Waals surface area contributed by atoms with Gasteiger partial charge in [-0.3, -0.25) is 9.78 Å². The van der Waals surface area contributed by atoms with Gasteiger partial charge in [0.05, 0.1) is 12.3 Å². The second kappa shape index (κ2) is 5.61. The smallest absolute Gasteiger partial charge is 0.315 e. The molecule has 3 rings (SSSR count). The number of fused-ring (bicyclic) bond motifs is 1. The molecule has 0 N–H and O–H groups in total. The van der Waals surface area contributed by atoms with E-state index < -0.39 is 0 Å². The Hall–Kier alpha value is -1.27. The minimum Gasteiger partial charge on any atom is -0.465 e. The third-order valence-electron chi connectivity index (χ3n) is 3.25. The lowest BCUT2D eigenvalue weighted by Gasteiger charge is -2.07. The van der Waals surface area contributed by atoms with Gasteiger partial charge >= 0.3 is 5.97 Å². The molecule has 104 valence electrons. The van der Waals surface area contributed by atoms with E-state index >= 15 is 0 Å². The molecule has 0 aliphatic heterocycles. The molecule has 1 aliphatic carbocycles. The number of carbonyl (C=O) groups excluding carboxylic acids is 1. The normalized spacial score (nSPS) is 17.0. The molecule has 2 aromatic rings. The Labute approximate surface area is 129 Å². The van der Waals surface area contributed by atoms with E-state index in [1.165, 1.54) is 4.88 Å². The molecule has 1 aliphatic rings. The highest BCUT2D eigenvalue weighted by Gasteiger charge is 2.34. The molecule has 1 unspecified atom stereocenters. The summed E-state index contributed by atoms with van der Waals surface area (Å²) in [6, 6.07) is 3.81. The van der Waals surface area contributed by atoms with E-state index in [1.807, 2.05) is 19.1 Å². The van der Waals surface area contributed by atoms with E-state index in [1.54, 1.807) is 17.5 Å². The highest BCUT2D eigenvalue weighted by Crippen LogP contribution is 2.41. The van der Waals surface area contributed by atoms with Crippen LogP contribution in [0, 0.1) is 0 Å². The molecule has 2 aromatic heterocycles. The number of aromatic nitrogens is 2. The van der Waals surface area contributed by atoms with Gasteiger partial charge in [0.15, 0.2) is 0 Å². The lowest BCUT2D eigenvalue weighted by molar-refractivity contribution is -0.145. The van der Waals surface area contributed by atoms with Crippen LogP contribution < -0.4 is 0 Å². The van der Waals surface area contributed by atoms with Crippen LogP contribution in [-0.4, -0.2) is 22.5 Å². The average Bonchev–Trinajstić information content (AvgIpc) is 2.99. The highest BCUT2D eigenvalue weighted by atomic mass is 79.9. The van der Waals surface area contributed by atoms with E-state index in [9.17, 15) is 4.79 Å². The van der Waals surface area contributed by atoms with Crippen molar-refractivity contribution in [3.63, 3.8) is 0 Å². The van der Waals surface area contributed by atoms with E-state index in [0.29, 0.717) is 6.61 Å². The molecule has 0 aromatic carbocycles. The van der Waals surface area contributed by atoms with Crippen LogP contribution in [0.25, 0.3) is 10.7 Å². The van der Waals surface area contributed by atoms with Crippen molar-refractivity contribution in [2.45, 2.75) is 25.7 Å². The van der Waals surface area contributed by atoms with Crippen molar-refractivity contribution in [2.24, 2.45) is 0 Å². The average molecular weight is 353 g/mol. The summed E-state index contributed by atoms with van der Waals surface area (Å²) in [5.74, 6) is -0.374. The number of pyridine rings is 1. The fourth-order valence-corrected chi connectivity index (χ4v) is 4.07. The Bertz CT molecular complexity index is 656. The van der Waals surface area contributed by atoms with Crippen molar-refractivity contribution in [1.82, 2.24) is 9.97 Å². The number of halogens is 1. The van der Waals surface area contributed by atoms with Gasteiger partial charge in [0.25, 0.3) is 0 Å². The predicted octanol–water partition coefficient (Wildman–Crippen LogP) is 3.56. The molecule has 6 heteroatoms. The van der Waals surface area contributed by atoms with Crippen molar-refractivity contribution in [3.05, 3.63) is 33.4 Å². The molecule has 0 saturated carbocycles. The van der Waals surface area contributed by atoms with Crippen LogP contribution in [0.5, 0.6) is 0 Å². The summed E-state index contributed by atoms with van der Waals surface area (Å²) in [7, 11) is 0. The monoisotopic (exact) mass is 352 g/mol. The van der Waals surface area contributed by atoms with Gasteiger partial charge < -0.3 is 4.74 Å². The van der Waals surface area contributed by atoms with E-state index in [0.717, 1.165) is 33.7 Å². The SMILES string of the molecule is CCOC(=O)C1CCc2sc(-c3ncccc3Br)nc21. The van der Waals surface area contributed by atoms with Crippen LogP contribution in [0.1, 0.15) is 29.8 Å². The third-order valence-corrected chi connectivity index (χ3v) is 5.03. The summed E-state index contributed by atoms with van der Waals surface area (Å²) in [4.78, 5) is 22.1. The van der Waals surface area contributed by atoms with Crippen molar-refractivity contribution in [3.8, 4) is 10.7 Å². The summed E-state index contributed by atoms with van der Waals surface area (Å²) in [5, 5.41) is 0.858. The number of ether oxygens (including phenoxy) is 1. The summed E-state index contributed by atoms with van der Waals surface area (Å²) >= 11 is 5.11. The quantitative estimate of drug-likeness (QED) is 0.792. The molecule has 0 spiro atoms. The van der Waals surface area contributed by atoms with E-state index in [4.69, 9.17) is 4.74 Å². The number of carbonyl (C=O) groups is 1. The summed E-state index contributed by atoms with van der Waals surface area (Å²) in [5.41, 5.74) is 1.70. The Morgan fingerprint density at radius 3 is 3.20 bits per heavy atom. The van der Waals surface area contributed by atoms with E-state index in [2.05, 4.69) is 25.9 Å². The molecule has 0 fully saturated rings. The molecule has 20 heavy (non-hydrogen) atoms. The minimum absolute atomic E-state index is 0.164. The van der Waals surface area contributed by atoms with Gasteiger partial charge in [-0.1, -0.05) is 0 Å². The number of thiazole rings is 1. The van der Waals surface area contributed by atoms with Gasteiger partial charge in [0.2, 0.25) is 0 Å². The van der Waals surface area contributed by atoms with Gasteiger partial charge in [-0.15, -0.1) is 11.3 Å². The zero-order valence-electron chi connectivity index (χ0n) is 10.9. The maximum Gasteiger partial charge on any atom is 0.315 e. The summed E-state index contributed by atoms with van der Waals surface area (Å²) in [6.07, 6.45) is 3.44. The topological polar surface area (TPSA) is 52.1 Å². The molecular formula is C14H13BrN2O2S. The Morgan fingerprint density at radius 1 is 1.60 bits per heavy atom. The van der Waals surface area contributed by atoms with Crippen LogP contribution in [0.2, 0.25) is 0 Å². The first-order valence-electron chi connectivity index (χ1n) is 6.47. The molecule has 0 radical (unpaired) electrons. The molecular weight excluding hydrogens is 340 g/mol. The maximum atomic E-state index is 11.9. The summed E-state index contributed by atoms with van der Waals surface area (Å²) < 4.78 is 6.04. The number of esters is 1. The lowest BCUT2D eigenvalue weighted by Crippen LogP contribution is -2.14. The number of aryl methyl sites for hydroxylation is 1. The largest absolute Gasteiger partial charge is 0.465 e. The first-order chi connectivity index (χ1) is 9.70. The van der Waals surface area contributed by atoms with Gasteiger partial charge in [-0.2, -0.15) is 0 Å². The highest BCUT2D eigenvalue weighted by molar-refractivity contribution is 9.10. The number of hydrogen-bond donors (Lipinski definition) is 0. The van der Waals surface area contributed by atoms with Crippen molar-refractivity contribution < 1.29 is 9.53 Å². The molecule has 1 atom stereocenters. The minimum atomic E-state index is -0.211. The van der Waals surface area contributed by atoms with Crippen LogP contribution in [0.3, 0.4) is 0 Å². The van der Waals surface area contributed by atoms with E-state index in [-0.39, 0.29) is 11.9 Å². The van der Waals surface area contributed by atoms with Gasteiger partial charge in [0.1, 0.15) is 16.6 Å². The standard InChI is InChI=1S/C14H13BrN2O2S/c1-2-19-14(18)8-5-6-10-11(8)17-13(20-10)12-9(15)4-3-7-16-12/h3-4,7-8H,2,5-6H2,1H3. The second-order valence-electron chi connectivity index (χ2n) is 4.50. The molecule has 4 nitrogen and oxygen atoms in total. The lowest BCUT2D eigenvalue weighted by atomic mass is 10.1. The molecule has 0 bridgehead atoms. The first kappa shape index (κ1) is 13.7. The Balaban J connectivity index is 1.94. The summed E-state index contributed by atoms with van der Waals surface area (Å²) in [6.45, 7) is 2.23. The number of hydrogen-bond acceptors (Lipinski definition) is 5. The van der Waals surface area contributed by atoms with Crippen LogP contribution in [0.15, 0.2) is 22.8 Å².